The minimum Gasteiger partial charge on any atom is -0.478 e. The SMILES string of the molecule is CCC/C(C(C)=O)=C(\C)C(=O)O. The lowest BCUT2D eigenvalue weighted by Gasteiger charge is -2.03. The van der Waals surface area contributed by atoms with E-state index >= 15 is 0 Å². The number of carbonyl (C=O) groups is 2. The fourth-order valence-electron chi connectivity index (χ4n) is 1.01. The molecule has 0 aromatic rings. The van der Waals surface area contributed by atoms with E-state index in [9.17, 15) is 9.59 Å². The molecular weight excluding hydrogens is 156 g/mol. The van der Waals surface area contributed by atoms with Gasteiger partial charge in [-0.05, 0) is 20.3 Å². The van der Waals surface area contributed by atoms with Gasteiger partial charge in [-0.15, -0.1) is 0 Å². The summed E-state index contributed by atoms with van der Waals surface area (Å²) in [5.41, 5.74) is 0.606. The molecule has 0 spiro atoms. The second-order valence-corrected chi connectivity index (χ2v) is 2.71. The van der Waals surface area contributed by atoms with E-state index in [0.29, 0.717) is 12.0 Å². The monoisotopic (exact) mass is 170 g/mol. The van der Waals surface area contributed by atoms with Crippen molar-refractivity contribution in [1.82, 2.24) is 0 Å². The highest BCUT2D eigenvalue weighted by molar-refractivity contribution is 6.01. The van der Waals surface area contributed by atoms with E-state index in [1.807, 2.05) is 6.92 Å². The molecule has 3 nitrogen and oxygen atoms in total. The summed E-state index contributed by atoms with van der Waals surface area (Å²) in [4.78, 5) is 21.5. The summed E-state index contributed by atoms with van der Waals surface area (Å²) in [6, 6.07) is 0. The molecule has 3 heteroatoms. The Morgan fingerprint density at radius 1 is 1.25 bits per heavy atom. The molecule has 0 aromatic heterocycles. The number of hydrogen-bond acceptors (Lipinski definition) is 2. The Morgan fingerprint density at radius 3 is 2.00 bits per heavy atom. The molecule has 0 saturated carbocycles. The van der Waals surface area contributed by atoms with Gasteiger partial charge in [0.15, 0.2) is 5.78 Å². The number of aliphatic carboxylic acids is 1. The summed E-state index contributed by atoms with van der Waals surface area (Å²) in [7, 11) is 0. The van der Waals surface area contributed by atoms with E-state index in [-0.39, 0.29) is 11.4 Å². The molecule has 0 rings (SSSR count). The zero-order valence-corrected chi connectivity index (χ0v) is 7.68. The maximum absolute atomic E-state index is 11.0. The zero-order valence-electron chi connectivity index (χ0n) is 7.68. The molecule has 0 radical (unpaired) electrons. The predicted octanol–water partition coefficient (Wildman–Crippen LogP) is 1.78. The summed E-state index contributed by atoms with van der Waals surface area (Å²) in [5.74, 6) is -1.15. The van der Waals surface area contributed by atoms with Gasteiger partial charge in [0.2, 0.25) is 0 Å². The van der Waals surface area contributed by atoms with Crippen LogP contribution in [0.4, 0.5) is 0 Å². The number of ketones is 1. The minimum atomic E-state index is -1.01. The highest BCUT2D eigenvalue weighted by Crippen LogP contribution is 2.12. The molecule has 1 N–H and O–H groups in total. The van der Waals surface area contributed by atoms with Crippen LogP contribution < -0.4 is 0 Å². The minimum absolute atomic E-state index is 0.142. The lowest BCUT2D eigenvalue weighted by atomic mass is 10.0. The molecule has 0 fully saturated rings. The van der Waals surface area contributed by atoms with E-state index in [0.717, 1.165) is 6.42 Å². The van der Waals surface area contributed by atoms with Gasteiger partial charge in [0.05, 0.1) is 0 Å². The van der Waals surface area contributed by atoms with Crippen LogP contribution in [-0.2, 0) is 9.59 Å². The summed E-state index contributed by atoms with van der Waals surface area (Å²) in [6.07, 6.45) is 1.34. The van der Waals surface area contributed by atoms with Gasteiger partial charge in [-0.3, -0.25) is 4.79 Å². The van der Waals surface area contributed by atoms with Crippen molar-refractivity contribution in [3.05, 3.63) is 11.1 Å². The smallest absolute Gasteiger partial charge is 0.331 e. The van der Waals surface area contributed by atoms with Crippen molar-refractivity contribution in [3.63, 3.8) is 0 Å². The van der Waals surface area contributed by atoms with E-state index in [1.165, 1.54) is 13.8 Å². The largest absolute Gasteiger partial charge is 0.478 e. The Morgan fingerprint density at radius 2 is 1.75 bits per heavy atom. The number of carbonyl (C=O) groups excluding carboxylic acids is 1. The number of Topliss-reactive ketones (excluding diaryl/α,β-unsaturated/α-hetero) is 1. The number of rotatable bonds is 4. The van der Waals surface area contributed by atoms with Crippen LogP contribution in [0.1, 0.15) is 33.6 Å². The van der Waals surface area contributed by atoms with Gasteiger partial charge in [0.25, 0.3) is 0 Å². The molecule has 0 bridgehead atoms. The summed E-state index contributed by atoms with van der Waals surface area (Å²) >= 11 is 0. The van der Waals surface area contributed by atoms with E-state index < -0.39 is 5.97 Å². The van der Waals surface area contributed by atoms with Gasteiger partial charge >= 0.3 is 5.97 Å². The third-order valence-corrected chi connectivity index (χ3v) is 1.70. The van der Waals surface area contributed by atoms with Crippen LogP contribution in [0.15, 0.2) is 11.1 Å². The van der Waals surface area contributed by atoms with Gasteiger partial charge in [-0.2, -0.15) is 0 Å². The topological polar surface area (TPSA) is 54.4 Å². The normalized spacial score (nSPS) is 12.2. The van der Waals surface area contributed by atoms with Gasteiger partial charge in [-0.25, -0.2) is 4.79 Å². The predicted molar refractivity (Wildman–Crippen MR) is 45.9 cm³/mol. The summed E-state index contributed by atoms with van der Waals surface area (Å²) in [5, 5.41) is 8.62. The van der Waals surface area contributed by atoms with Crippen molar-refractivity contribution in [2.24, 2.45) is 0 Å². The Balaban J connectivity index is 4.80. The first kappa shape index (κ1) is 10.9. The highest BCUT2D eigenvalue weighted by atomic mass is 16.4. The molecule has 0 atom stereocenters. The first-order chi connectivity index (χ1) is 5.50. The second kappa shape index (κ2) is 4.70. The van der Waals surface area contributed by atoms with Crippen molar-refractivity contribution in [2.45, 2.75) is 33.6 Å². The van der Waals surface area contributed by atoms with Gasteiger partial charge in [-0.1, -0.05) is 13.3 Å². The molecule has 0 amide bonds. The standard InChI is InChI=1S/C9H14O3/c1-4-5-8(7(3)10)6(2)9(11)12/h4-5H2,1-3H3,(H,11,12)/b8-6-. The van der Waals surface area contributed by atoms with E-state index in [2.05, 4.69) is 0 Å². The van der Waals surface area contributed by atoms with Crippen LogP contribution in [-0.4, -0.2) is 16.9 Å². The lowest BCUT2D eigenvalue weighted by molar-refractivity contribution is -0.133. The maximum atomic E-state index is 11.0. The van der Waals surface area contributed by atoms with Crippen molar-refractivity contribution >= 4 is 11.8 Å². The second-order valence-electron chi connectivity index (χ2n) is 2.71. The Kier molecular flexibility index (Phi) is 4.26. The van der Waals surface area contributed by atoms with Crippen molar-refractivity contribution in [3.8, 4) is 0 Å². The zero-order chi connectivity index (χ0) is 9.72. The fourth-order valence-corrected chi connectivity index (χ4v) is 1.01. The van der Waals surface area contributed by atoms with Gasteiger partial charge in [0.1, 0.15) is 0 Å². The van der Waals surface area contributed by atoms with E-state index in [4.69, 9.17) is 5.11 Å². The van der Waals surface area contributed by atoms with Crippen LogP contribution in [0.5, 0.6) is 0 Å². The number of carboxylic acid groups (broad SMARTS) is 1. The first-order valence-electron chi connectivity index (χ1n) is 3.94. The lowest BCUT2D eigenvalue weighted by Crippen LogP contribution is -2.07. The molecule has 0 heterocycles. The van der Waals surface area contributed by atoms with Gasteiger partial charge in [0, 0.05) is 11.1 Å². The third-order valence-electron chi connectivity index (χ3n) is 1.70. The molecular formula is C9H14O3. The molecule has 0 aliphatic carbocycles. The molecule has 0 saturated heterocycles. The van der Waals surface area contributed by atoms with Crippen LogP contribution in [0.3, 0.4) is 0 Å². The molecule has 0 unspecified atom stereocenters. The fraction of sp³-hybridized carbons (Fsp3) is 0.556. The maximum Gasteiger partial charge on any atom is 0.331 e. The van der Waals surface area contributed by atoms with Crippen LogP contribution in [0.2, 0.25) is 0 Å². The number of carboxylic acids is 1. The Hall–Kier alpha value is -1.12. The molecule has 0 aliphatic rings. The Labute approximate surface area is 72.1 Å². The number of allylic oxidation sites excluding steroid dienone is 1. The van der Waals surface area contributed by atoms with E-state index in [1.54, 1.807) is 0 Å². The quantitative estimate of drug-likeness (QED) is 0.654. The summed E-state index contributed by atoms with van der Waals surface area (Å²) < 4.78 is 0. The number of hydrogen-bond donors (Lipinski definition) is 1. The van der Waals surface area contributed by atoms with Crippen LogP contribution in [0.25, 0.3) is 0 Å². The van der Waals surface area contributed by atoms with Crippen molar-refractivity contribution in [1.29, 1.82) is 0 Å². The molecule has 0 aromatic carbocycles. The molecule has 68 valence electrons. The van der Waals surface area contributed by atoms with Gasteiger partial charge < -0.3 is 5.11 Å². The molecule has 12 heavy (non-hydrogen) atoms. The summed E-state index contributed by atoms with van der Waals surface area (Å²) in [6.45, 7) is 4.78. The van der Waals surface area contributed by atoms with Crippen LogP contribution in [0, 0.1) is 0 Å². The molecule has 0 aliphatic heterocycles. The van der Waals surface area contributed by atoms with Crippen molar-refractivity contribution in [2.75, 3.05) is 0 Å². The Bertz CT molecular complexity index is 226. The van der Waals surface area contributed by atoms with Crippen LogP contribution >= 0.6 is 0 Å². The average molecular weight is 170 g/mol. The van der Waals surface area contributed by atoms with Crippen molar-refractivity contribution < 1.29 is 14.7 Å². The first-order valence-corrected chi connectivity index (χ1v) is 3.94. The highest BCUT2D eigenvalue weighted by Gasteiger charge is 2.11. The third kappa shape index (κ3) is 2.86. The average Bonchev–Trinajstić information content (AvgIpc) is 1.98.